The number of anilines is 1. The highest BCUT2D eigenvalue weighted by molar-refractivity contribution is 5.45. The molecule has 0 fully saturated rings. The molecule has 0 aliphatic carbocycles. The van der Waals surface area contributed by atoms with Crippen LogP contribution in [-0.2, 0) is 12.8 Å². The molecular weight excluding hydrogens is 184 g/mol. The van der Waals surface area contributed by atoms with Gasteiger partial charge in [-0.2, -0.15) is 0 Å². The third-order valence-corrected chi connectivity index (χ3v) is 2.94. The molecular formula is C13H16N2. The van der Waals surface area contributed by atoms with E-state index in [1.54, 1.807) is 0 Å². The summed E-state index contributed by atoms with van der Waals surface area (Å²) in [5, 5.41) is 0. The molecule has 0 saturated heterocycles. The zero-order chi connectivity index (χ0) is 10.7. The van der Waals surface area contributed by atoms with Crippen molar-refractivity contribution < 1.29 is 0 Å². The van der Waals surface area contributed by atoms with Crippen LogP contribution in [0.4, 0.5) is 5.69 Å². The lowest BCUT2D eigenvalue weighted by atomic mass is 10.0. The van der Waals surface area contributed by atoms with E-state index in [9.17, 15) is 0 Å². The molecule has 0 saturated carbocycles. The summed E-state index contributed by atoms with van der Waals surface area (Å²) in [5.74, 6) is 2.70. The van der Waals surface area contributed by atoms with Gasteiger partial charge in [0.25, 0.3) is 0 Å². The maximum atomic E-state index is 5.78. The van der Waals surface area contributed by atoms with Crippen LogP contribution >= 0.6 is 0 Å². The number of nitrogen functional groups attached to an aromatic ring is 1. The summed E-state index contributed by atoms with van der Waals surface area (Å²) in [6.07, 6.45) is 7.47. The summed E-state index contributed by atoms with van der Waals surface area (Å²) in [6, 6.07) is 6.22. The van der Waals surface area contributed by atoms with Gasteiger partial charge in [-0.1, -0.05) is 12.0 Å². The minimum Gasteiger partial charge on any atom is -0.399 e. The number of fused-ring (bicyclic) bond motifs is 1. The second-order valence-corrected chi connectivity index (χ2v) is 4.01. The van der Waals surface area contributed by atoms with Crippen molar-refractivity contribution in [1.82, 2.24) is 4.90 Å². The molecule has 2 heteroatoms. The Morgan fingerprint density at radius 1 is 1.27 bits per heavy atom. The highest BCUT2D eigenvalue weighted by Crippen LogP contribution is 2.18. The Morgan fingerprint density at radius 2 is 2.00 bits per heavy atom. The van der Waals surface area contributed by atoms with Gasteiger partial charge in [0.15, 0.2) is 0 Å². The molecule has 0 radical (unpaired) electrons. The van der Waals surface area contributed by atoms with Crippen molar-refractivity contribution in [2.45, 2.75) is 12.8 Å². The predicted molar refractivity (Wildman–Crippen MR) is 63.5 cm³/mol. The van der Waals surface area contributed by atoms with Crippen molar-refractivity contribution in [2.24, 2.45) is 0 Å². The lowest BCUT2D eigenvalue weighted by Crippen LogP contribution is -2.26. The smallest absolute Gasteiger partial charge is 0.0599 e. The molecule has 2 nitrogen and oxygen atoms in total. The van der Waals surface area contributed by atoms with Crippen LogP contribution in [-0.4, -0.2) is 24.5 Å². The van der Waals surface area contributed by atoms with Crippen molar-refractivity contribution in [3.63, 3.8) is 0 Å². The molecule has 0 aromatic heterocycles. The van der Waals surface area contributed by atoms with Crippen molar-refractivity contribution in [3.05, 3.63) is 29.3 Å². The lowest BCUT2D eigenvalue weighted by Gasteiger charge is -2.15. The average Bonchev–Trinajstić information content (AvgIpc) is 2.42. The zero-order valence-corrected chi connectivity index (χ0v) is 8.87. The van der Waals surface area contributed by atoms with Crippen LogP contribution in [0.3, 0.4) is 0 Å². The van der Waals surface area contributed by atoms with E-state index >= 15 is 0 Å². The maximum absolute atomic E-state index is 5.78. The Kier molecular flexibility index (Phi) is 2.94. The highest BCUT2D eigenvalue weighted by atomic mass is 15.1. The quantitative estimate of drug-likeness (QED) is 0.547. The first-order valence-electron chi connectivity index (χ1n) is 5.32. The zero-order valence-electron chi connectivity index (χ0n) is 8.87. The number of rotatable bonds is 1. The van der Waals surface area contributed by atoms with Crippen molar-refractivity contribution in [3.8, 4) is 12.3 Å². The number of nitrogens with zero attached hydrogens (tertiary/aromatic N) is 1. The normalized spacial score (nSPS) is 16.5. The summed E-state index contributed by atoms with van der Waals surface area (Å²) >= 11 is 0. The van der Waals surface area contributed by atoms with E-state index in [0.717, 1.165) is 38.2 Å². The molecule has 1 aromatic carbocycles. The Labute approximate surface area is 91.1 Å². The Bertz CT molecular complexity index is 390. The summed E-state index contributed by atoms with van der Waals surface area (Å²) in [5.41, 5.74) is 9.44. The van der Waals surface area contributed by atoms with Gasteiger partial charge in [0.05, 0.1) is 6.54 Å². The fourth-order valence-electron chi connectivity index (χ4n) is 2.08. The SMILES string of the molecule is C#CCN1CCc2ccc(N)cc2CC1. The molecule has 1 aliphatic rings. The first-order chi connectivity index (χ1) is 7.29. The second kappa shape index (κ2) is 4.37. The monoisotopic (exact) mass is 200 g/mol. The van der Waals surface area contributed by atoms with Gasteiger partial charge in [-0.3, -0.25) is 4.90 Å². The molecule has 15 heavy (non-hydrogen) atoms. The third-order valence-electron chi connectivity index (χ3n) is 2.94. The number of terminal acetylenes is 1. The molecule has 1 aliphatic heterocycles. The summed E-state index contributed by atoms with van der Waals surface area (Å²) < 4.78 is 0. The standard InChI is InChI=1S/C13H16N2/c1-2-7-15-8-5-11-3-4-13(14)10-12(11)6-9-15/h1,3-4,10H,5-9,14H2. The van der Waals surface area contributed by atoms with Crippen LogP contribution in [0.2, 0.25) is 0 Å². The fourth-order valence-corrected chi connectivity index (χ4v) is 2.08. The van der Waals surface area contributed by atoms with Crippen molar-refractivity contribution in [2.75, 3.05) is 25.4 Å². The van der Waals surface area contributed by atoms with Gasteiger partial charge >= 0.3 is 0 Å². The molecule has 2 rings (SSSR count). The molecule has 0 unspecified atom stereocenters. The third kappa shape index (κ3) is 2.31. The average molecular weight is 200 g/mol. The van der Waals surface area contributed by atoms with Gasteiger partial charge in [-0.05, 0) is 36.1 Å². The maximum Gasteiger partial charge on any atom is 0.0599 e. The fraction of sp³-hybridized carbons (Fsp3) is 0.385. The van der Waals surface area contributed by atoms with Crippen LogP contribution in [0, 0.1) is 12.3 Å². The molecule has 1 aromatic rings. The van der Waals surface area contributed by atoms with Gasteiger partial charge in [0, 0.05) is 18.8 Å². The van der Waals surface area contributed by atoms with E-state index in [4.69, 9.17) is 12.2 Å². The van der Waals surface area contributed by atoms with Crippen LogP contribution in [0.25, 0.3) is 0 Å². The summed E-state index contributed by atoms with van der Waals surface area (Å²) in [4.78, 5) is 2.32. The lowest BCUT2D eigenvalue weighted by molar-refractivity contribution is 0.323. The summed E-state index contributed by atoms with van der Waals surface area (Å²) in [6.45, 7) is 2.85. The Hall–Kier alpha value is -1.46. The van der Waals surface area contributed by atoms with Crippen LogP contribution < -0.4 is 5.73 Å². The van der Waals surface area contributed by atoms with E-state index in [1.165, 1.54) is 11.1 Å². The second-order valence-electron chi connectivity index (χ2n) is 4.01. The molecule has 2 N–H and O–H groups in total. The van der Waals surface area contributed by atoms with Crippen LogP contribution in [0.5, 0.6) is 0 Å². The molecule has 0 spiro atoms. The molecule has 0 bridgehead atoms. The molecule has 1 heterocycles. The largest absolute Gasteiger partial charge is 0.399 e. The van der Waals surface area contributed by atoms with E-state index in [-0.39, 0.29) is 0 Å². The van der Waals surface area contributed by atoms with E-state index < -0.39 is 0 Å². The minimum atomic E-state index is 0.753. The number of benzene rings is 1. The van der Waals surface area contributed by atoms with Crippen molar-refractivity contribution >= 4 is 5.69 Å². The first kappa shape index (κ1) is 10.1. The van der Waals surface area contributed by atoms with Crippen LogP contribution in [0.15, 0.2) is 18.2 Å². The van der Waals surface area contributed by atoms with Gasteiger partial charge in [-0.25, -0.2) is 0 Å². The Morgan fingerprint density at radius 3 is 2.73 bits per heavy atom. The first-order valence-corrected chi connectivity index (χ1v) is 5.32. The predicted octanol–water partition coefficient (Wildman–Crippen LogP) is 1.30. The number of nitrogens with two attached hydrogens (primary N) is 1. The van der Waals surface area contributed by atoms with Crippen LogP contribution in [0.1, 0.15) is 11.1 Å². The topological polar surface area (TPSA) is 29.3 Å². The van der Waals surface area contributed by atoms with Gasteiger partial charge in [0.2, 0.25) is 0 Å². The van der Waals surface area contributed by atoms with Gasteiger partial charge in [0.1, 0.15) is 0 Å². The molecule has 78 valence electrons. The van der Waals surface area contributed by atoms with Gasteiger partial charge in [-0.15, -0.1) is 6.42 Å². The number of hydrogen-bond donors (Lipinski definition) is 1. The molecule has 0 amide bonds. The minimum absolute atomic E-state index is 0.753. The van der Waals surface area contributed by atoms with Crippen molar-refractivity contribution in [1.29, 1.82) is 0 Å². The Balaban J connectivity index is 2.15. The summed E-state index contributed by atoms with van der Waals surface area (Å²) in [7, 11) is 0. The van der Waals surface area contributed by atoms with E-state index in [2.05, 4.69) is 23.0 Å². The van der Waals surface area contributed by atoms with Gasteiger partial charge < -0.3 is 5.73 Å². The molecule has 0 atom stereocenters. The van der Waals surface area contributed by atoms with E-state index in [0.29, 0.717) is 0 Å². The van der Waals surface area contributed by atoms with E-state index in [1.807, 2.05) is 6.07 Å². The highest BCUT2D eigenvalue weighted by Gasteiger charge is 2.12. The number of hydrogen-bond acceptors (Lipinski definition) is 2.